The van der Waals surface area contributed by atoms with Crippen LogP contribution in [-0.4, -0.2) is 21.3 Å². The van der Waals surface area contributed by atoms with Gasteiger partial charge in [0.1, 0.15) is 5.82 Å². The van der Waals surface area contributed by atoms with Crippen LogP contribution in [0.4, 0.5) is 4.39 Å². The molecule has 0 saturated carbocycles. The summed E-state index contributed by atoms with van der Waals surface area (Å²) < 4.78 is 12.9. The van der Waals surface area contributed by atoms with Crippen LogP contribution in [0.3, 0.4) is 0 Å². The molecule has 1 heterocycles. The summed E-state index contributed by atoms with van der Waals surface area (Å²) in [4.78, 5) is 10.6. The molecule has 0 unspecified atom stereocenters. The first-order chi connectivity index (χ1) is 8.58. The molecule has 4 nitrogen and oxygen atoms in total. The SMILES string of the molecule is Cc1[nH]nc(CCC(=O)O)c1-c1ccc(F)cc1. The summed E-state index contributed by atoms with van der Waals surface area (Å²) in [5, 5.41) is 15.6. The van der Waals surface area contributed by atoms with Crippen molar-refractivity contribution < 1.29 is 14.3 Å². The highest BCUT2D eigenvalue weighted by molar-refractivity contribution is 5.71. The van der Waals surface area contributed by atoms with Crippen molar-refractivity contribution in [1.29, 1.82) is 0 Å². The Hall–Kier alpha value is -2.17. The van der Waals surface area contributed by atoms with E-state index in [1.165, 1.54) is 12.1 Å². The number of hydrogen-bond acceptors (Lipinski definition) is 2. The highest BCUT2D eigenvalue weighted by Crippen LogP contribution is 2.26. The molecule has 2 aromatic rings. The Bertz CT molecular complexity index is 561. The zero-order valence-electron chi connectivity index (χ0n) is 9.90. The summed E-state index contributed by atoms with van der Waals surface area (Å²) in [7, 11) is 0. The molecule has 2 rings (SSSR count). The van der Waals surface area contributed by atoms with Gasteiger partial charge in [0.25, 0.3) is 0 Å². The van der Waals surface area contributed by atoms with Crippen LogP contribution < -0.4 is 0 Å². The lowest BCUT2D eigenvalue weighted by Crippen LogP contribution is -1.99. The van der Waals surface area contributed by atoms with Crippen molar-refractivity contribution in [2.75, 3.05) is 0 Å². The van der Waals surface area contributed by atoms with Crippen LogP contribution in [0.5, 0.6) is 0 Å². The van der Waals surface area contributed by atoms with Crippen LogP contribution in [0, 0.1) is 12.7 Å². The number of H-pyrrole nitrogens is 1. The number of aromatic nitrogens is 2. The number of benzene rings is 1. The lowest BCUT2D eigenvalue weighted by Gasteiger charge is -2.03. The van der Waals surface area contributed by atoms with Gasteiger partial charge in [0.2, 0.25) is 0 Å². The van der Waals surface area contributed by atoms with Crippen molar-refractivity contribution in [3.8, 4) is 11.1 Å². The van der Waals surface area contributed by atoms with Crippen molar-refractivity contribution in [2.45, 2.75) is 19.8 Å². The van der Waals surface area contributed by atoms with Gasteiger partial charge in [-0.05, 0) is 24.6 Å². The Kier molecular flexibility index (Phi) is 3.41. The predicted octanol–water partition coefficient (Wildman–Crippen LogP) is 2.54. The van der Waals surface area contributed by atoms with Gasteiger partial charge < -0.3 is 5.11 Å². The van der Waals surface area contributed by atoms with Crippen molar-refractivity contribution in [1.82, 2.24) is 10.2 Å². The smallest absolute Gasteiger partial charge is 0.303 e. The molecule has 5 heteroatoms. The Balaban J connectivity index is 2.34. The molecule has 0 atom stereocenters. The van der Waals surface area contributed by atoms with Crippen LogP contribution in [0.25, 0.3) is 11.1 Å². The maximum atomic E-state index is 12.9. The van der Waals surface area contributed by atoms with Crippen molar-refractivity contribution in [2.24, 2.45) is 0 Å². The van der Waals surface area contributed by atoms with E-state index in [4.69, 9.17) is 5.11 Å². The van der Waals surface area contributed by atoms with Gasteiger partial charge >= 0.3 is 5.97 Å². The number of aromatic amines is 1. The molecule has 18 heavy (non-hydrogen) atoms. The standard InChI is InChI=1S/C13H13FN2O2/c1-8-13(9-2-4-10(14)5-3-9)11(16-15-8)6-7-12(17)18/h2-5H,6-7H2,1H3,(H,15,16)(H,17,18). The number of hydrogen-bond donors (Lipinski definition) is 2. The number of carboxylic acids is 1. The van der Waals surface area contributed by atoms with Crippen LogP contribution >= 0.6 is 0 Å². The molecule has 0 fully saturated rings. The summed E-state index contributed by atoms with van der Waals surface area (Å²) in [5.74, 6) is -1.16. The second kappa shape index (κ2) is 5.00. The van der Waals surface area contributed by atoms with E-state index in [9.17, 15) is 9.18 Å². The molecule has 2 N–H and O–H groups in total. The molecule has 1 aromatic carbocycles. The van der Waals surface area contributed by atoms with Crippen molar-refractivity contribution in [3.63, 3.8) is 0 Å². The number of nitrogens with zero attached hydrogens (tertiary/aromatic N) is 1. The quantitative estimate of drug-likeness (QED) is 0.873. The largest absolute Gasteiger partial charge is 0.481 e. The molecule has 0 aliphatic heterocycles. The number of nitrogens with one attached hydrogen (secondary N) is 1. The fourth-order valence-electron chi connectivity index (χ4n) is 1.89. The molecule has 0 saturated heterocycles. The zero-order chi connectivity index (χ0) is 13.1. The van der Waals surface area contributed by atoms with E-state index in [0.717, 1.165) is 16.8 Å². The molecule has 0 radical (unpaired) electrons. The highest BCUT2D eigenvalue weighted by Gasteiger charge is 2.13. The number of aliphatic carboxylic acids is 1. The van der Waals surface area contributed by atoms with E-state index in [2.05, 4.69) is 10.2 Å². The van der Waals surface area contributed by atoms with E-state index in [1.54, 1.807) is 12.1 Å². The topological polar surface area (TPSA) is 66.0 Å². The van der Waals surface area contributed by atoms with E-state index >= 15 is 0 Å². The first-order valence-electron chi connectivity index (χ1n) is 5.59. The summed E-state index contributed by atoms with van der Waals surface area (Å²) in [6, 6.07) is 6.08. The van der Waals surface area contributed by atoms with E-state index in [1.807, 2.05) is 6.92 Å². The third-order valence-electron chi connectivity index (χ3n) is 2.73. The van der Waals surface area contributed by atoms with E-state index in [0.29, 0.717) is 12.1 Å². The van der Waals surface area contributed by atoms with Crippen LogP contribution in [0.1, 0.15) is 17.8 Å². The maximum Gasteiger partial charge on any atom is 0.303 e. The zero-order valence-corrected chi connectivity index (χ0v) is 9.90. The number of halogens is 1. The third kappa shape index (κ3) is 2.56. The summed E-state index contributed by atoms with van der Waals surface area (Å²) >= 11 is 0. The third-order valence-corrected chi connectivity index (χ3v) is 2.73. The minimum Gasteiger partial charge on any atom is -0.481 e. The average Bonchev–Trinajstić information content (AvgIpc) is 2.69. The van der Waals surface area contributed by atoms with Crippen LogP contribution in [0.15, 0.2) is 24.3 Å². The Morgan fingerprint density at radius 3 is 2.67 bits per heavy atom. The number of rotatable bonds is 4. The van der Waals surface area contributed by atoms with E-state index < -0.39 is 5.97 Å². The van der Waals surface area contributed by atoms with Gasteiger partial charge in [-0.25, -0.2) is 4.39 Å². The number of carboxylic acid groups (broad SMARTS) is 1. The summed E-state index contributed by atoms with van der Waals surface area (Å²) in [6.07, 6.45) is 0.380. The second-order valence-corrected chi connectivity index (χ2v) is 4.07. The number of carbonyl (C=O) groups is 1. The molecule has 0 bridgehead atoms. The molecule has 0 aliphatic rings. The summed E-state index contributed by atoms with van der Waals surface area (Å²) in [6.45, 7) is 1.86. The first-order valence-corrected chi connectivity index (χ1v) is 5.59. The van der Waals surface area contributed by atoms with Gasteiger partial charge in [-0.15, -0.1) is 0 Å². The minimum absolute atomic E-state index is 0.0263. The fraction of sp³-hybridized carbons (Fsp3) is 0.231. The van der Waals surface area contributed by atoms with Gasteiger partial charge in [0.15, 0.2) is 0 Å². The first kappa shape index (κ1) is 12.3. The molecule has 1 aromatic heterocycles. The van der Waals surface area contributed by atoms with Gasteiger partial charge in [-0.3, -0.25) is 9.89 Å². The Morgan fingerprint density at radius 1 is 1.39 bits per heavy atom. The van der Waals surface area contributed by atoms with Crippen LogP contribution in [0.2, 0.25) is 0 Å². The van der Waals surface area contributed by atoms with E-state index in [-0.39, 0.29) is 12.2 Å². The van der Waals surface area contributed by atoms with Gasteiger partial charge in [0.05, 0.1) is 12.1 Å². The maximum absolute atomic E-state index is 12.9. The average molecular weight is 248 g/mol. The highest BCUT2D eigenvalue weighted by atomic mass is 19.1. The Morgan fingerprint density at radius 2 is 2.06 bits per heavy atom. The fourth-order valence-corrected chi connectivity index (χ4v) is 1.89. The van der Waals surface area contributed by atoms with Gasteiger partial charge in [0, 0.05) is 17.7 Å². The number of aryl methyl sites for hydroxylation is 2. The molecular weight excluding hydrogens is 235 g/mol. The lowest BCUT2D eigenvalue weighted by atomic mass is 10.0. The predicted molar refractivity (Wildman–Crippen MR) is 64.7 cm³/mol. The molecular formula is C13H13FN2O2. The summed E-state index contributed by atoms with van der Waals surface area (Å²) in [5.41, 5.74) is 3.24. The molecule has 0 aliphatic carbocycles. The minimum atomic E-state index is -0.860. The Labute approximate surface area is 103 Å². The van der Waals surface area contributed by atoms with Gasteiger partial charge in [-0.1, -0.05) is 12.1 Å². The van der Waals surface area contributed by atoms with Crippen molar-refractivity contribution >= 4 is 5.97 Å². The molecule has 0 amide bonds. The molecule has 94 valence electrons. The monoisotopic (exact) mass is 248 g/mol. The normalized spacial score (nSPS) is 10.6. The second-order valence-electron chi connectivity index (χ2n) is 4.07. The van der Waals surface area contributed by atoms with Crippen molar-refractivity contribution in [3.05, 3.63) is 41.5 Å². The molecule has 0 spiro atoms. The lowest BCUT2D eigenvalue weighted by molar-refractivity contribution is -0.136. The van der Waals surface area contributed by atoms with Crippen LogP contribution in [-0.2, 0) is 11.2 Å². The van der Waals surface area contributed by atoms with Gasteiger partial charge in [-0.2, -0.15) is 5.10 Å².